The molecule has 1 saturated carbocycles. The molecule has 1 rings (SSSR count). The van der Waals surface area contributed by atoms with Crippen LogP contribution < -0.4 is 5.32 Å². The van der Waals surface area contributed by atoms with Gasteiger partial charge >= 0.3 is 5.97 Å². The van der Waals surface area contributed by atoms with Crippen molar-refractivity contribution in [3.8, 4) is 0 Å². The normalized spacial score (nSPS) is 17.2. The Bertz CT molecular complexity index is 232. The average molecular weight is 244 g/mol. The molecule has 0 aliphatic heterocycles. The van der Waals surface area contributed by atoms with Crippen molar-refractivity contribution in [2.24, 2.45) is 0 Å². The maximum Gasteiger partial charge on any atom is 0.322 e. The summed E-state index contributed by atoms with van der Waals surface area (Å²) in [6.45, 7) is 2.46. The van der Waals surface area contributed by atoms with E-state index in [0.29, 0.717) is 6.04 Å². The summed E-state index contributed by atoms with van der Waals surface area (Å²) >= 11 is 0. The van der Waals surface area contributed by atoms with E-state index in [9.17, 15) is 4.79 Å². The van der Waals surface area contributed by atoms with Crippen molar-refractivity contribution in [3.05, 3.63) is 0 Å². The van der Waals surface area contributed by atoms with Crippen molar-refractivity contribution in [2.45, 2.75) is 31.3 Å². The summed E-state index contributed by atoms with van der Waals surface area (Å²) in [7, 11) is 5.17. The SMILES string of the molecule is COCCN(C)CCC(NC1CC1)C(=O)OC. The Morgan fingerprint density at radius 2 is 2.12 bits per heavy atom. The van der Waals surface area contributed by atoms with Crippen LogP contribution in [0, 0.1) is 0 Å². The molecule has 0 saturated heterocycles. The van der Waals surface area contributed by atoms with Crippen LogP contribution in [0.4, 0.5) is 0 Å². The monoisotopic (exact) mass is 244 g/mol. The molecule has 1 atom stereocenters. The van der Waals surface area contributed by atoms with Gasteiger partial charge in [0.2, 0.25) is 0 Å². The van der Waals surface area contributed by atoms with Gasteiger partial charge in [0.05, 0.1) is 13.7 Å². The second-order valence-corrected chi connectivity index (χ2v) is 4.60. The summed E-state index contributed by atoms with van der Waals surface area (Å²) in [6.07, 6.45) is 3.13. The molecule has 17 heavy (non-hydrogen) atoms. The zero-order chi connectivity index (χ0) is 12.7. The maximum absolute atomic E-state index is 11.6. The lowest BCUT2D eigenvalue weighted by Gasteiger charge is -2.20. The number of nitrogens with zero attached hydrogens (tertiary/aromatic N) is 1. The van der Waals surface area contributed by atoms with Gasteiger partial charge in [-0.15, -0.1) is 0 Å². The zero-order valence-corrected chi connectivity index (χ0v) is 11.1. The van der Waals surface area contributed by atoms with Crippen LogP contribution in [-0.4, -0.2) is 63.9 Å². The van der Waals surface area contributed by atoms with E-state index in [1.165, 1.54) is 20.0 Å². The first-order chi connectivity index (χ1) is 8.17. The van der Waals surface area contributed by atoms with Crippen LogP contribution in [0.25, 0.3) is 0 Å². The Morgan fingerprint density at radius 1 is 1.41 bits per heavy atom. The Hall–Kier alpha value is -0.650. The van der Waals surface area contributed by atoms with E-state index in [0.717, 1.165) is 26.1 Å². The molecule has 0 bridgehead atoms. The smallest absolute Gasteiger partial charge is 0.322 e. The fraction of sp³-hybridized carbons (Fsp3) is 0.917. The fourth-order valence-electron chi connectivity index (χ4n) is 1.65. The molecule has 100 valence electrons. The van der Waals surface area contributed by atoms with Crippen LogP contribution in [0.3, 0.4) is 0 Å². The molecule has 0 aromatic rings. The summed E-state index contributed by atoms with van der Waals surface area (Å²) in [5, 5.41) is 3.32. The van der Waals surface area contributed by atoms with Gasteiger partial charge in [-0.1, -0.05) is 0 Å². The van der Waals surface area contributed by atoms with Gasteiger partial charge in [-0.2, -0.15) is 0 Å². The van der Waals surface area contributed by atoms with Gasteiger partial charge < -0.3 is 19.7 Å². The van der Waals surface area contributed by atoms with Gasteiger partial charge in [-0.05, 0) is 32.9 Å². The van der Waals surface area contributed by atoms with Crippen LogP contribution in [0.1, 0.15) is 19.3 Å². The minimum absolute atomic E-state index is 0.156. The highest BCUT2D eigenvalue weighted by Gasteiger charge is 2.28. The molecule has 0 aromatic carbocycles. The maximum atomic E-state index is 11.6. The Morgan fingerprint density at radius 3 is 2.65 bits per heavy atom. The van der Waals surface area contributed by atoms with E-state index in [-0.39, 0.29) is 12.0 Å². The minimum Gasteiger partial charge on any atom is -0.468 e. The molecule has 1 unspecified atom stereocenters. The molecule has 1 aliphatic carbocycles. The molecule has 0 radical (unpaired) electrons. The van der Waals surface area contributed by atoms with Crippen LogP contribution in [0.5, 0.6) is 0 Å². The van der Waals surface area contributed by atoms with E-state index in [2.05, 4.69) is 10.2 Å². The number of hydrogen-bond donors (Lipinski definition) is 1. The first-order valence-electron chi connectivity index (χ1n) is 6.18. The quantitative estimate of drug-likeness (QED) is 0.589. The van der Waals surface area contributed by atoms with Gasteiger partial charge in [0.15, 0.2) is 0 Å². The summed E-state index contributed by atoms with van der Waals surface area (Å²) in [6, 6.07) is 0.348. The van der Waals surface area contributed by atoms with E-state index >= 15 is 0 Å². The number of carbonyl (C=O) groups excluding carboxylic acids is 1. The van der Waals surface area contributed by atoms with Crippen LogP contribution in [0.15, 0.2) is 0 Å². The van der Waals surface area contributed by atoms with Gasteiger partial charge in [0.25, 0.3) is 0 Å². The van der Waals surface area contributed by atoms with Gasteiger partial charge in [-0.25, -0.2) is 0 Å². The number of ether oxygens (including phenoxy) is 2. The second kappa shape index (κ2) is 7.63. The van der Waals surface area contributed by atoms with Crippen LogP contribution in [0.2, 0.25) is 0 Å². The molecular weight excluding hydrogens is 220 g/mol. The van der Waals surface area contributed by atoms with Gasteiger partial charge in [-0.3, -0.25) is 4.79 Å². The van der Waals surface area contributed by atoms with Crippen molar-refractivity contribution in [1.82, 2.24) is 10.2 Å². The van der Waals surface area contributed by atoms with E-state index in [1.807, 2.05) is 7.05 Å². The molecule has 0 spiro atoms. The zero-order valence-electron chi connectivity index (χ0n) is 11.1. The number of rotatable bonds is 9. The summed E-state index contributed by atoms with van der Waals surface area (Å²) in [5.41, 5.74) is 0. The topological polar surface area (TPSA) is 50.8 Å². The average Bonchev–Trinajstić information content (AvgIpc) is 3.14. The van der Waals surface area contributed by atoms with Crippen LogP contribution >= 0.6 is 0 Å². The Labute approximate surface area is 103 Å². The van der Waals surface area contributed by atoms with Gasteiger partial charge in [0.1, 0.15) is 6.04 Å². The third-order valence-corrected chi connectivity index (χ3v) is 2.98. The highest BCUT2D eigenvalue weighted by Crippen LogP contribution is 2.20. The van der Waals surface area contributed by atoms with E-state index in [4.69, 9.17) is 9.47 Å². The highest BCUT2D eigenvalue weighted by molar-refractivity contribution is 5.75. The Kier molecular flexibility index (Phi) is 6.47. The van der Waals surface area contributed by atoms with Gasteiger partial charge in [0, 0.05) is 19.7 Å². The number of esters is 1. The lowest BCUT2D eigenvalue weighted by Crippen LogP contribution is -2.41. The number of hydrogen-bond acceptors (Lipinski definition) is 5. The number of likely N-dealkylation sites (N-methyl/N-ethyl adjacent to an activating group) is 1. The molecular formula is C12H24N2O3. The lowest BCUT2D eigenvalue weighted by molar-refractivity contribution is -0.143. The summed E-state index contributed by atoms with van der Waals surface area (Å²) in [4.78, 5) is 13.7. The first kappa shape index (κ1) is 14.4. The third kappa shape index (κ3) is 6.00. The predicted octanol–water partition coefficient (Wildman–Crippen LogP) is 0.248. The first-order valence-corrected chi connectivity index (χ1v) is 6.18. The van der Waals surface area contributed by atoms with Crippen molar-refractivity contribution < 1.29 is 14.3 Å². The highest BCUT2D eigenvalue weighted by atomic mass is 16.5. The molecule has 1 N–H and O–H groups in total. The lowest BCUT2D eigenvalue weighted by atomic mass is 10.2. The van der Waals surface area contributed by atoms with E-state index in [1.54, 1.807) is 7.11 Å². The fourth-order valence-corrected chi connectivity index (χ4v) is 1.65. The standard InChI is InChI=1S/C12H24N2O3/c1-14(8-9-16-2)7-6-11(12(15)17-3)13-10-4-5-10/h10-11,13H,4-9H2,1-3H3. The molecule has 0 heterocycles. The van der Waals surface area contributed by atoms with Crippen molar-refractivity contribution in [1.29, 1.82) is 0 Å². The van der Waals surface area contributed by atoms with E-state index < -0.39 is 0 Å². The molecule has 1 fully saturated rings. The second-order valence-electron chi connectivity index (χ2n) is 4.60. The molecule has 0 aromatic heterocycles. The largest absolute Gasteiger partial charge is 0.468 e. The van der Waals surface area contributed by atoms with Crippen molar-refractivity contribution in [3.63, 3.8) is 0 Å². The molecule has 1 aliphatic rings. The molecule has 5 nitrogen and oxygen atoms in total. The summed E-state index contributed by atoms with van der Waals surface area (Å²) in [5.74, 6) is -0.156. The number of nitrogens with one attached hydrogen (secondary N) is 1. The molecule has 5 heteroatoms. The number of carbonyl (C=O) groups is 1. The minimum atomic E-state index is -0.169. The molecule has 0 amide bonds. The van der Waals surface area contributed by atoms with Crippen molar-refractivity contribution in [2.75, 3.05) is 41.0 Å². The Balaban J connectivity index is 2.24. The van der Waals surface area contributed by atoms with Crippen molar-refractivity contribution >= 4 is 5.97 Å². The number of methoxy groups -OCH3 is 2. The summed E-state index contributed by atoms with van der Waals surface area (Å²) < 4.78 is 9.82. The predicted molar refractivity (Wildman–Crippen MR) is 66.0 cm³/mol. The third-order valence-electron chi connectivity index (χ3n) is 2.98. The van der Waals surface area contributed by atoms with Crippen LogP contribution in [-0.2, 0) is 14.3 Å².